The van der Waals surface area contributed by atoms with Crippen LogP contribution in [-0.2, 0) is 0 Å². The van der Waals surface area contributed by atoms with Crippen molar-refractivity contribution in [1.29, 1.82) is 5.41 Å². The van der Waals surface area contributed by atoms with E-state index in [0.29, 0.717) is 0 Å². The van der Waals surface area contributed by atoms with Crippen LogP contribution < -0.4 is 10.5 Å². The molecule has 0 bridgehead atoms. The van der Waals surface area contributed by atoms with E-state index in [-0.39, 0.29) is 17.1 Å². The third-order valence-corrected chi connectivity index (χ3v) is 2.78. The normalized spacial score (nSPS) is 10.2. The fourth-order valence-electron chi connectivity index (χ4n) is 1.79. The van der Waals surface area contributed by atoms with E-state index in [1.165, 1.54) is 12.1 Å². The predicted octanol–water partition coefficient (Wildman–Crippen LogP) is 3.12. The number of hydrogen-bond donors (Lipinski definition) is 2. The highest BCUT2D eigenvalue weighted by Crippen LogP contribution is 2.35. The van der Waals surface area contributed by atoms with Gasteiger partial charge in [-0.05, 0) is 30.7 Å². The van der Waals surface area contributed by atoms with Crippen molar-refractivity contribution in [2.45, 2.75) is 6.92 Å². The number of halogens is 1. The SMILES string of the molecule is Cc1ccc(C(=N)N)c(Oc2c(F)cccc2[N+](=O)[O-])c1. The van der Waals surface area contributed by atoms with Crippen molar-refractivity contribution < 1.29 is 14.1 Å². The standard InChI is InChI=1S/C14H12FN3O3/c1-8-5-6-9(14(16)17)12(7-8)21-13-10(15)3-2-4-11(13)18(19)20/h2-7H,1H3,(H3,16,17). The van der Waals surface area contributed by atoms with Gasteiger partial charge in [0, 0.05) is 6.07 Å². The van der Waals surface area contributed by atoms with Gasteiger partial charge in [-0.15, -0.1) is 0 Å². The summed E-state index contributed by atoms with van der Waals surface area (Å²) in [7, 11) is 0. The summed E-state index contributed by atoms with van der Waals surface area (Å²) in [5.41, 5.74) is 5.96. The van der Waals surface area contributed by atoms with Crippen molar-refractivity contribution >= 4 is 11.5 Å². The number of nitrogens with one attached hydrogen (secondary N) is 1. The molecule has 0 aliphatic rings. The molecule has 2 aromatic carbocycles. The van der Waals surface area contributed by atoms with Crippen molar-refractivity contribution in [1.82, 2.24) is 0 Å². The number of nitrogen functional groups attached to an aromatic ring is 1. The smallest absolute Gasteiger partial charge is 0.314 e. The van der Waals surface area contributed by atoms with E-state index in [1.54, 1.807) is 19.1 Å². The highest BCUT2D eigenvalue weighted by molar-refractivity contribution is 5.97. The highest BCUT2D eigenvalue weighted by atomic mass is 19.1. The third-order valence-electron chi connectivity index (χ3n) is 2.78. The van der Waals surface area contributed by atoms with E-state index in [0.717, 1.165) is 17.7 Å². The summed E-state index contributed by atoms with van der Waals surface area (Å²) in [6.07, 6.45) is 0. The first-order valence-corrected chi connectivity index (χ1v) is 5.96. The lowest BCUT2D eigenvalue weighted by Gasteiger charge is -2.11. The Morgan fingerprint density at radius 3 is 2.71 bits per heavy atom. The van der Waals surface area contributed by atoms with Crippen LogP contribution in [0, 0.1) is 28.3 Å². The molecule has 108 valence electrons. The van der Waals surface area contributed by atoms with Crippen LogP contribution in [0.3, 0.4) is 0 Å². The number of hydrogen-bond acceptors (Lipinski definition) is 4. The van der Waals surface area contributed by atoms with Gasteiger partial charge < -0.3 is 10.5 Å². The van der Waals surface area contributed by atoms with Crippen LogP contribution in [0.1, 0.15) is 11.1 Å². The van der Waals surface area contributed by atoms with Gasteiger partial charge >= 0.3 is 5.69 Å². The van der Waals surface area contributed by atoms with Crippen LogP contribution in [0.4, 0.5) is 10.1 Å². The Bertz CT molecular complexity index is 731. The minimum atomic E-state index is -0.861. The molecule has 0 heterocycles. The lowest BCUT2D eigenvalue weighted by molar-refractivity contribution is -0.385. The van der Waals surface area contributed by atoms with Gasteiger partial charge in [-0.1, -0.05) is 12.1 Å². The molecule has 0 aromatic heterocycles. The van der Waals surface area contributed by atoms with Gasteiger partial charge in [0.1, 0.15) is 11.6 Å². The topological polar surface area (TPSA) is 102 Å². The van der Waals surface area contributed by atoms with E-state index in [2.05, 4.69) is 0 Å². The molecule has 0 atom stereocenters. The second-order valence-electron chi connectivity index (χ2n) is 4.36. The van der Waals surface area contributed by atoms with Gasteiger partial charge in [0.05, 0.1) is 10.5 Å². The molecule has 0 radical (unpaired) electrons. The summed E-state index contributed by atoms with van der Waals surface area (Å²) in [5, 5.41) is 18.4. The lowest BCUT2D eigenvalue weighted by atomic mass is 10.1. The summed E-state index contributed by atoms with van der Waals surface area (Å²) in [6, 6.07) is 8.21. The quantitative estimate of drug-likeness (QED) is 0.390. The van der Waals surface area contributed by atoms with Crippen LogP contribution in [0.15, 0.2) is 36.4 Å². The number of ether oxygens (including phenoxy) is 1. The molecule has 0 spiro atoms. The van der Waals surface area contributed by atoms with Crippen molar-refractivity contribution in [2.75, 3.05) is 0 Å². The van der Waals surface area contributed by atoms with Crippen LogP contribution in [0.5, 0.6) is 11.5 Å². The molecule has 3 N–H and O–H groups in total. The zero-order valence-electron chi connectivity index (χ0n) is 11.1. The summed E-state index contributed by atoms with van der Waals surface area (Å²) in [5.74, 6) is -1.55. The zero-order valence-corrected chi connectivity index (χ0v) is 11.1. The maximum atomic E-state index is 13.8. The summed E-state index contributed by atoms with van der Waals surface area (Å²) >= 11 is 0. The van der Waals surface area contributed by atoms with Crippen molar-refractivity contribution in [3.8, 4) is 11.5 Å². The fraction of sp³-hybridized carbons (Fsp3) is 0.0714. The number of benzene rings is 2. The average Bonchev–Trinajstić information content (AvgIpc) is 2.40. The van der Waals surface area contributed by atoms with E-state index in [1.807, 2.05) is 0 Å². The molecule has 7 heteroatoms. The van der Waals surface area contributed by atoms with Crippen molar-refractivity contribution in [2.24, 2.45) is 5.73 Å². The van der Waals surface area contributed by atoms with E-state index >= 15 is 0 Å². The molecule has 0 saturated carbocycles. The Balaban J connectivity index is 2.55. The molecule has 2 aromatic rings. The van der Waals surface area contributed by atoms with Crippen molar-refractivity contribution in [3.63, 3.8) is 0 Å². The Morgan fingerprint density at radius 2 is 2.10 bits per heavy atom. The number of nitro benzene ring substituents is 1. The molecular formula is C14H12FN3O3. The average molecular weight is 289 g/mol. The number of rotatable bonds is 4. The molecule has 0 aliphatic heterocycles. The second-order valence-corrected chi connectivity index (χ2v) is 4.36. The molecule has 2 rings (SSSR count). The maximum Gasteiger partial charge on any atom is 0.314 e. The molecule has 0 unspecified atom stereocenters. The monoisotopic (exact) mass is 289 g/mol. The molecule has 0 amide bonds. The zero-order chi connectivity index (χ0) is 15.6. The number of amidine groups is 1. The second kappa shape index (κ2) is 5.58. The number of para-hydroxylation sites is 1. The third kappa shape index (κ3) is 2.97. The van der Waals surface area contributed by atoms with E-state index in [9.17, 15) is 14.5 Å². The van der Waals surface area contributed by atoms with Crippen LogP contribution in [0.2, 0.25) is 0 Å². The minimum Gasteiger partial charge on any atom is -0.446 e. The summed E-state index contributed by atoms with van der Waals surface area (Å²) < 4.78 is 19.2. The first kappa shape index (κ1) is 14.4. The summed E-state index contributed by atoms with van der Waals surface area (Å²) in [6.45, 7) is 1.77. The van der Waals surface area contributed by atoms with Gasteiger partial charge in [0.2, 0.25) is 5.75 Å². The minimum absolute atomic E-state index is 0.0932. The molecule has 21 heavy (non-hydrogen) atoms. The largest absolute Gasteiger partial charge is 0.446 e. The molecule has 0 saturated heterocycles. The van der Waals surface area contributed by atoms with Gasteiger partial charge in [-0.25, -0.2) is 4.39 Å². The summed E-state index contributed by atoms with van der Waals surface area (Å²) in [4.78, 5) is 10.2. The Hall–Kier alpha value is -2.96. The molecule has 0 fully saturated rings. The van der Waals surface area contributed by atoms with Crippen LogP contribution in [0.25, 0.3) is 0 Å². The van der Waals surface area contributed by atoms with Crippen molar-refractivity contribution in [3.05, 3.63) is 63.5 Å². The van der Waals surface area contributed by atoms with E-state index < -0.39 is 22.2 Å². The first-order valence-electron chi connectivity index (χ1n) is 5.96. The highest BCUT2D eigenvalue weighted by Gasteiger charge is 2.21. The number of nitrogens with two attached hydrogens (primary N) is 1. The van der Waals surface area contributed by atoms with Gasteiger partial charge in [0.15, 0.2) is 5.82 Å². The Morgan fingerprint density at radius 1 is 1.38 bits per heavy atom. The Kier molecular flexibility index (Phi) is 3.84. The van der Waals surface area contributed by atoms with Gasteiger partial charge in [-0.3, -0.25) is 15.5 Å². The van der Waals surface area contributed by atoms with Crippen LogP contribution >= 0.6 is 0 Å². The van der Waals surface area contributed by atoms with Gasteiger partial charge in [0.25, 0.3) is 0 Å². The fourth-order valence-corrected chi connectivity index (χ4v) is 1.79. The first-order chi connectivity index (χ1) is 9.90. The Labute approximate surface area is 119 Å². The maximum absolute atomic E-state index is 13.8. The predicted molar refractivity (Wildman–Crippen MR) is 75.3 cm³/mol. The molecule has 6 nitrogen and oxygen atoms in total. The van der Waals surface area contributed by atoms with E-state index in [4.69, 9.17) is 15.9 Å². The lowest BCUT2D eigenvalue weighted by Crippen LogP contribution is -2.12. The number of nitrogens with zero attached hydrogens (tertiary/aromatic N) is 1. The molecule has 0 aliphatic carbocycles. The molecular weight excluding hydrogens is 277 g/mol. The van der Waals surface area contributed by atoms with Crippen LogP contribution in [-0.4, -0.2) is 10.8 Å². The number of aryl methyl sites for hydroxylation is 1. The number of nitro groups is 1. The van der Waals surface area contributed by atoms with Gasteiger partial charge in [-0.2, -0.15) is 0 Å².